The lowest BCUT2D eigenvalue weighted by Gasteiger charge is -2.44. The number of piperazine rings is 1. The molecule has 1 fully saturated rings. The molecule has 0 saturated carbocycles. The molecule has 0 aliphatic carbocycles. The van der Waals surface area contributed by atoms with Gasteiger partial charge in [0.2, 0.25) is 5.91 Å². The number of pyridine rings is 2. The number of hydrogen-bond donors (Lipinski definition) is 0. The van der Waals surface area contributed by atoms with E-state index in [0.29, 0.717) is 55.1 Å². The minimum absolute atomic E-state index is 0.00781. The number of aromatic nitrogens is 7. The monoisotopic (exact) mass is 557 g/mol. The van der Waals surface area contributed by atoms with Crippen molar-refractivity contribution >= 4 is 22.8 Å². The summed E-state index contributed by atoms with van der Waals surface area (Å²) in [7, 11) is 0. The molecule has 11 nitrogen and oxygen atoms in total. The first-order chi connectivity index (χ1) is 19.7. The molecule has 4 aromatic rings. The highest BCUT2D eigenvalue weighted by molar-refractivity contribution is 5.91. The number of fused-ring (bicyclic) bond motifs is 5. The van der Waals surface area contributed by atoms with Crippen LogP contribution in [-0.4, -0.2) is 70.5 Å². The molecule has 0 radical (unpaired) electrons. The quantitative estimate of drug-likeness (QED) is 0.353. The second kappa shape index (κ2) is 10.2. The molecule has 2 unspecified atom stereocenters. The van der Waals surface area contributed by atoms with Crippen LogP contribution in [0.4, 0.5) is 10.2 Å². The maximum Gasteiger partial charge on any atom is 0.355 e. The van der Waals surface area contributed by atoms with Crippen LogP contribution in [0.25, 0.3) is 28.1 Å². The first kappa shape index (κ1) is 26.7. The molecule has 6 heterocycles. The van der Waals surface area contributed by atoms with Crippen LogP contribution < -0.4 is 10.6 Å². The van der Waals surface area contributed by atoms with Crippen molar-refractivity contribution in [3.8, 4) is 17.1 Å². The number of amides is 1. The van der Waals surface area contributed by atoms with Crippen molar-refractivity contribution in [2.45, 2.75) is 65.1 Å². The number of aryl methyl sites for hydroxylation is 2. The number of anilines is 1. The number of nitrogens with zero attached hydrogens (tertiary/aromatic N) is 9. The number of hydrogen-bond acceptors (Lipinski definition) is 8. The minimum Gasteiger partial charge on any atom is -0.352 e. The predicted molar refractivity (Wildman–Crippen MR) is 152 cm³/mol. The summed E-state index contributed by atoms with van der Waals surface area (Å²) in [6, 6.07) is 2.93. The second-order valence-corrected chi connectivity index (χ2v) is 11.1. The first-order valence-electron chi connectivity index (χ1n) is 13.9. The lowest BCUT2D eigenvalue weighted by atomic mass is 10.0. The van der Waals surface area contributed by atoms with Crippen LogP contribution in [0, 0.1) is 5.82 Å². The Bertz CT molecular complexity index is 1730. The van der Waals surface area contributed by atoms with Gasteiger partial charge in [-0.05, 0) is 56.4 Å². The van der Waals surface area contributed by atoms with Crippen LogP contribution in [0.1, 0.15) is 51.3 Å². The van der Waals surface area contributed by atoms with Crippen molar-refractivity contribution in [1.82, 2.24) is 39.4 Å². The summed E-state index contributed by atoms with van der Waals surface area (Å²) in [5.74, 6) is -0.378. The van der Waals surface area contributed by atoms with Gasteiger partial charge in [-0.2, -0.15) is 4.98 Å². The van der Waals surface area contributed by atoms with Gasteiger partial charge >= 0.3 is 5.69 Å². The van der Waals surface area contributed by atoms with Crippen LogP contribution in [-0.2, 0) is 17.8 Å². The maximum absolute atomic E-state index is 15.9. The Morgan fingerprint density at radius 1 is 1.20 bits per heavy atom. The molecule has 1 amide bonds. The molecule has 212 valence electrons. The molecule has 2 aliphatic rings. The summed E-state index contributed by atoms with van der Waals surface area (Å²) < 4.78 is 19.1. The normalized spacial score (nSPS) is 18.8. The average Bonchev–Trinajstić information content (AvgIpc) is 3.39. The third kappa shape index (κ3) is 4.37. The Morgan fingerprint density at radius 3 is 2.66 bits per heavy atom. The van der Waals surface area contributed by atoms with Crippen LogP contribution in [0.2, 0.25) is 0 Å². The zero-order chi connectivity index (χ0) is 29.0. The molecule has 2 bridgehead atoms. The predicted octanol–water partition coefficient (Wildman–Crippen LogP) is 3.25. The molecule has 2 aliphatic heterocycles. The molecular weight excluding hydrogens is 525 g/mol. The molecule has 1 saturated heterocycles. The van der Waals surface area contributed by atoms with E-state index in [0.717, 1.165) is 11.3 Å². The minimum atomic E-state index is -0.564. The number of halogens is 1. The fraction of sp³-hybridized carbons (Fsp3) is 0.414. The van der Waals surface area contributed by atoms with E-state index in [4.69, 9.17) is 4.98 Å². The van der Waals surface area contributed by atoms with Gasteiger partial charge in [-0.3, -0.25) is 9.78 Å². The highest BCUT2D eigenvalue weighted by Crippen LogP contribution is 2.34. The average molecular weight is 558 g/mol. The van der Waals surface area contributed by atoms with Gasteiger partial charge in [0.25, 0.3) is 0 Å². The lowest BCUT2D eigenvalue weighted by molar-refractivity contribution is -0.130. The van der Waals surface area contributed by atoms with Crippen molar-refractivity contribution in [3.63, 3.8) is 0 Å². The molecule has 6 rings (SSSR count). The van der Waals surface area contributed by atoms with Gasteiger partial charge < -0.3 is 9.80 Å². The van der Waals surface area contributed by atoms with E-state index in [2.05, 4.69) is 26.9 Å². The fourth-order valence-corrected chi connectivity index (χ4v) is 6.18. The molecule has 0 N–H and O–H groups in total. The van der Waals surface area contributed by atoms with Gasteiger partial charge in [-0.15, -0.1) is 5.10 Å². The Balaban J connectivity index is 1.65. The summed E-state index contributed by atoms with van der Waals surface area (Å²) in [5, 5.41) is 8.59. The van der Waals surface area contributed by atoms with E-state index < -0.39 is 11.5 Å². The second-order valence-electron chi connectivity index (χ2n) is 11.1. The molecule has 2 atom stereocenters. The molecule has 0 spiro atoms. The lowest BCUT2D eigenvalue weighted by Crippen LogP contribution is -2.58. The van der Waals surface area contributed by atoms with Gasteiger partial charge in [-0.25, -0.2) is 23.4 Å². The van der Waals surface area contributed by atoms with Crippen molar-refractivity contribution in [2.24, 2.45) is 0 Å². The maximum atomic E-state index is 15.9. The van der Waals surface area contributed by atoms with Gasteiger partial charge in [0, 0.05) is 37.9 Å². The van der Waals surface area contributed by atoms with Crippen LogP contribution in [0.5, 0.6) is 0 Å². The van der Waals surface area contributed by atoms with Gasteiger partial charge in [0.05, 0.1) is 23.0 Å². The summed E-state index contributed by atoms with van der Waals surface area (Å²) in [4.78, 5) is 44.3. The fourth-order valence-electron chi connectivity index (χ4n) is 6.18. The Morgan fingerprint density at radius 2 is 1.95 bits per heavy atom. The standard InChI is InChI=1S/C29H32FN9O2/c1-6-23(40)38-17(4)14-36(15-18(38)5)27-20-12-21(30)25-22-13-32-35-37(22)11-7-8-19-9-10-31-24(16(2)3)26(19)39(28(20)33-25)29(41)34-27/h6,9-10,12-13,16-18H,1,7-8,11,14-15H2,2-5H3. The summed E-state index contributed by atoms with van der Waals surface area (Å²) in [6.07, 6.45) is 5.89. The van der Waals surface area contributed by atoms with Crippen molar-refractivity contribution < 1.29 is 9.18 Å². The number of carbonyl (C=O) groups excluding carboxylic acids is 1. The highest BCUT2D eigenvalue weighted by atomic mass is 19.1. The topological polar surface area (TPSA) is 115 Å². The molecule has 4 aromatic heterocycles. The Kier molecular flexibility index (Phi) is 6.63. The summed E-state index contributed by atoms with van der Waals surface area (Å²) in [6.45, 7) is 12.9. The van der Waals surface area contributed by atoms with Crippen LogP contribution in [0.15, 0.2) is 42.0 Å². The molecular formula is C29H32FN9O2. The Labute approximate surface area is 236 Å². The molecule has 0 aromatic carbocycles. The van der Waals surface area contributed by atoms with Gasteiger partial charge in [0.1, 0.15) is 17.2 Å². The zero-order valence-corrected chi connectivity index (χ0v) is 23.6. The largest absolute Gasteiger partial charge is 0.355 e. The number of rotatable bonds is 3. The third-order valence-corrected chi connectivity index (χ3v) is 7.93. The van der Waals surface area contributed by atoms with Crippen molar-refractivity contribution in [1.29, 1.82) is 0 Å². The van der Waals surface area contributed by atoms with E-state index in [1.54, 1.807) is 15.8 Å². The number of carbonyl (C=O) groups is 1. The molecule has 12 heteroatoms. The van der Waals surface area contributed by atoms with E-state index in [-0.39, 0.29) is 35.2 Å². The van der Waals surface area contributed by atoms with E-state index >= 15 is 4.39 Å². The van der Waals surface area contributed by atoms with Crippen LogP contribution in [0.3, 0.4) is 0 Å². The highest BCUT2D eigenvalue weighted by Gasteiger charge is 2.34. The summed E-state index contributed by atoms with van der Waals surface area (Å²) in [5.41, 5.74) is 2.57. The van der Waals surface area contributed by atoms with Crippen molar-refractivity contribution in [2.75, 3.05) is 18.0 Å². The van der Waals surface area contributed by atoms with E-state index in [9.17, 15) is 9.59 Å². The first-order valence-corrected chi connectivity index (χ1v) is 13.9. The Hall–Kier alpha value is -4.48. The van der Waals surface area contributed by atoms with Crippen molar-refractivity contribution in [3.05, 3.63) is 64.7 Å². The van der Waals surface area contributed by atoms with Gasteiger partial charge in [-0.1, -0.05) is 25.6 Å². The third-order valence-electron chi connectivity index (χ3n) is 7.93. The van der Waals surface area contributed by atoms with Crippen LogP contribution >= 0.6 is 0 Å². The van der Waals surface area contributed by atoms with E-state index in [1.807, 2.05) is 38.7 Å². The smallest absolute Gasteiger partial charge is 0.352 e. The van der Waals surface area contributed by atoms with E-state index in [1.165, 1.54) is 22.9 Å². The summed E-state index contributed by atoms with van der Waals surface area (Å²) >= 11 is 0. The zero-order valence-electron chi connectivity index (χ0n) is 23.6. The molecule has 41 heavy (non-hydrogen) atoms. The SMILES string of the molecule is C=CC(=O)N1C(C)CN(c2nc(=O)n3c4nc(c(F)cc24)-c2cnnn2CCCc2ccnc(C(C)C)c2-3)CC1C. The van der Waals surface area contributed by atoms with Gasteiger partial charge in [0.15, 0.2) is 11.5 Å².